The molecule has 2 aromatic carbocycles. The van der Waals surface area contributed by atoms with E-state index in [9.17, 15) is 13.2 Å². The second kappa shape index (κ2) is 9.90. The van der Waals surface area contributed by atoms with E-state index in [-0.39, 0.29) is 16.8 Å². The van der Waals surface area contributed by atoms with Crippen LogP contribution in [0.15, 0.2) is 71.9 Å². The van der Waals surface area contributed by atoms with Crippen LogP contribution in [0.5, 0.6) is 11.5 Å². The molecule has 0 aliphatic heterocycles. The predicted molar refractivity (Wildman–Crippen MR) is 116 cm³/mol. The normalized spacial score (nSPS) is 11.9. The Bertz CT molecular complexity index is 1100. The SMILES string of the molecule is CC[C@@H](Oc1ccc(OC)cc1)C(=O)Nc1ccc(S(=O)(=O)Nc2ncccn2)cc1. The number of aromatic nitrogens is 2. The van der Waals surface area contributed by atoms with Crippen LogP contribution in [0.1, 0.15) is 13.3 Å². The zero-order valence-electron chi connectivity index (χ0n) is 17.0. The summed E-state index contributed by atoms with van der Waals surface area (Å²) in [6.07, 6.45) is 2.60. The van der Waals surface area contributed by atoms with Crippen molar-refractivity contribution in [1.29, 1.82) is 0 Å². The number of nitrogens with one attached hydrogen (secondary N) is 2. The van der Waals surface area contributed by atoms with Gasteiger partial charge in [0.25, 0.3) is 15.9 Å². The van der Waals surface area contributed by atoms with E-state index in [2.05, 4.69) is 20.0 Å². The molecule has 0 fully saturated rings. The first-order valence-corrected chi connectivity index (χ1v) is 10.9. The summed E-state index contributed by atoms with van der Waals surface area (Å²) in [5, 5.41) is 2.74. The Morgan fingerprint density at radius 1 is 1.00 bits per heavy atom. The van der Waals surface area contributed by atoms with E-state index in [4.69, 9.17) is 9.47 Å². The summed E-state index contributed by atoms with van der Waals surface area (Å²) in [6.45, 7) is 1.83. The molecule has 2 N–H and O–H groups in total. The smallest absolute Gasteiger partial charge is 0.265 e. The number of nitrogens with zero attached hydrogens (tertiary/aromatic N) is 2. The van der Waals surface area contributed by atoms with Gasteiger partial charge in [-0.05, 0) is 61.0 Å². The number of sulfonamides is 1. The van der Waals surface area contributed by atoms with Crippen LogP contribution in [0.25, 0.3) is 0 Å². The zero-order chi connectivity index (χ0) is 22.3. The summed E-state index contributed by atoms with van der Waals surface area (Å²) >= 11 is 0. The largest absolute Gasteiger partial charge is 0.497 e. The summed E-state index contributed by atoms with van der Waals surface area (Å²) in [6, 6.07) is 14.3. The minimum Gasteiger partial charge on any atom is -0.497 e. The topological polar surface area (TPSA) is 120 Å². The molecule has 3 aromatic rings. The van der Waals surface area contributed by atoms with E-state index in [1.807, 2.05) is 6.92 Å². The molecule has 0 bridgehead atoms. The molecule has 0 radical (unpaired) electrons. The van der Waals surface area contributed by atoms with Crippen LogP contribution in [0.4, 0.5) is 11.6 Å². The van der Waals surface area contributed by atoms with Gasteiger partial charge in [0.15, 0.2) is 6.10 Å². The third-order valence-corrected chi connectivity index (χ3v) is 5.57. The van der Waals surface area contributed by atoms with E-state index < -0.39 is 16.1 Å². The first kappa shape index (κ1) is 22.0. The molecule has 0 saturated carbocycles. The van der Waals surface area contributed by atoms with Gasteiger partial charge in [0.2, 0.25) is 5.95 Å². The average Bonchev–Trinajstić information content (AvgIpc) is 2.78. The third kappa shape index (κ3) is 5.92. The van der Waals surface area contributed by atoms with Crippen molar-refractivity contribution in [3.8, 4) is 11.5 Å². The Labute approximate surface area is 180 Å². The maximum Gasteiger partial charge on any atom is 0.265 e. The Balaban J connectivity index is 1.64. The fourth-order valence-electron chi connectivity index (χ4n) is 2.61. The molecular weight excluding hydrogens is 420 g/mol. The molecule has 9 nitrogen and oxygen atoms in total. The molecule has 1 amide bonds. The van der Waals surface area contributed by atoms with Crippen molar-refractivity contribution in [3.05, 3.63) is 67.0 Å². The monoisotopic (exact) mass is 442 g/mol. The molecular formula is C21H22N4O5S. The van der Waals surface area contributed by atoms with Crippen LogP contribution in [-0.2, 0) is 14.8 Å². The van der Waals surface area contributed by atoms with Crippen molar-refractivity contribution in [3.63, 3.8) is 0 Å². The van der Waals surface area contributed by atoms with Crippen molar-refractivity contribution >= 4 is 27.6 Å². The summed E-state index contributed by atoms with van der Waals surface area (Å²) in [7, 11) is -2.28. The second-order valence-electron chi connectivity index (χ2n) is 6.38. The van der Waals surface area contributed by atoms with Gasteiger partial charge >= 0.3 is 0 Å². The predicted octanol–water partition coefficient (Wildman–Crippen LogP) is 3.08. The van der Waals surface area contributed by atoms with Gasteiger partial charge in [-0.15, -0.1) is 0 Å². The molecule has 162 valence electrons. The van der Waals surface area contributed by atoms with Gasteiger partial charge in [-0.1, -0.05) is 6.92 Å². The zero-order valence-corrected chi connectivity index (χ0v) is 17.8. The first-order valence-electron chi connectivity index (χ1n) is 9.42. The van der Waals surface area contributed by atoms with Gasteiger partial charge in [0, 0.05) is 18.1 Å². The van der Waals surface area contributed by atoms with Gasteiger partial charge in [0.1, 0.15) is 11.5 Å². The van der Waals surface area contributed by atoms with E-state index >= 15 is 0 Å². The minimum absolute atomic E-state index is 0.0134. The van der Waals surface area contributed by atoms with E-state index in [0.29, 0.717) is 23.6 Å². The number of carbonyl (C=O) groups excluding carboxylic acids is 1. The Morgan fingerprint density at radius 3 is 2.19 bits per heavy atom. The highest BCUT2D eigenvalue weighted by Crippen LogP contribution is 2.20. The van der Waals surface area contributed by atoms with Gasteiger partial charge in [0.05, 0.1) is 12.0 Å². The summed E-state index contributed by atoms with van der Waals surface area (Å²) in [5.74, 6) is 0.859. The fourth-order valence-corrected chi connectivity index (χ4v) is 3.57. The first-order chi connectivity index (χ1) is 14.9. The maximum absolute atomic E-state index is 12.6. The minimum atomic E-state index is -3.85. The van der Waals surface area contributed by atoms with Crippen molar-refractivity contribution in [2.45, 2.75) is 24.3 Å². The standard InChI is InChI=1S/C21H22N4O5S/c1-3-19(30-17-9-7-16(29-2)8-10-17)20(26)24-15-5-11-18(12-6-15)31(27,28)25-21-22-13-4-14-23-21/h4-14,19H,3H2,1-2H3,(H,24,26)(H,22,23,25)/t19-/m1/s1. The summed E-state index contributed by atoms with van der Waals surface area (Å²) < 4.78 is 38.0. The van der Waals surface area contributed by atoms with Crippen LogP contribution in [0, 0.1) is 0 Å². The van der Waals surface area contributed by atoms with Crippen LogP contribution in [-0.4, -0.2) is 37.5 Å². The van der Waals surface area contributed by atoms with Crippen LogP contribution in [0.2, 0.25) is 0 Å². The molecule has 0 saturated heterocycles. The molecule has 0 spiro atoms. The number of amides is 1. The number of ether oxygens (including phenoxy) is 2. The van der Waals surface area contributed by atoms with Gasteiger partial charge in [-0.25, -0.2) is 23.1 Å². The van der Waals surface area contributed by atoms with Crippen LogP contribution in [0.3, 0.4) is 0 Å². The van der Waals surface area contributed by atoms with Gasteiger partial charge in [-0.2, -0.15) is 0 Å². The molecule has 1 aromatic heterocycles. The number of hydrogen-bond acceptors (Lipinski definition) is 7. The molecule has 0 aliphatic rings. The lowest BCUT2D eigenvalue weighted by Crippen LogP contribution is -2.32. The van der Waals surface area contributed by atoms with Crippen molar-refractivity contribution in [2.24, 2.45) is 0 Å². The number of carbonyl (C=O) groups is 1. The summed E-state index contributed by atoms with van der Waals surface area (Å²) in [4.78, 5) is 20.3. The maximum atomic E-state index is 12.6. The van der Waals surface area contributed by atoms with E-state index in [0.717, 1.165) is 0 Å². The lowest BCUT2D eigenvalue weighted by atomic mass is 10.2. The van der Waals surface area contributed by atoms with E-state index in [1.54, 1.807) is 37.4 Å². The molecule has 1 atom stereocenters. The second-order valence-corrected chi connectivity index (χ2v) is 8.06. The fraction of sp³-hybridized carbons (Fsp3) is 0.190. The Hall–Kier alpha value is -3.66. The molecule has 31 heavy (non-hydrogen) atoms. The molecule has 3 rings (SSSR count). The quantitative estimate of drug-likeness (QED) is 0.522. The van der Waals surface area contributed by atoms with Crippen LogP contribution < -0.4 is 19.5 Å². The number of rotatable bonds is 9. The Morgan fingerprint density at radius 2 is 1.61 bits per heavy atom. The highest BCUT2D eigenvalue weighted by atomic mass is 32.2. The van der Waals surface area contributed by atoms with Crippen LogP contribution >= 0.6 is 0 Å². The highest BCUT2D eigenvalue weighted by Gasteiger charge is 2.20. The third-order valence-electron chi connectivity index (χ3n) is 4.22. The molecule has 1 heterocycles. The lowest BCUT2D eigenvalue weighted by molar-refractivity contribution is -0.122. The van der Waals surface area contributed by atoms with Crippen molar-refractivity contribution < 1.29 is 22.7 Å². The summed E-state index contributed by atoms with van der Waals surface area (Å²) in [5.41, 5.74) is 0.441. The molecule has 0 unspecified atom stereocenters. The molecule has 0 aliphatic carbocycles. The van der Waals surface area contributed by atoms with Gasteiger partial charge < -0.3 is 14.8 Å². The number of benzene rings is 2. The average molecular weight is 442 g/mol. The number of anilines is 2. The van der Waals surface area contributed by atoms with Crippen molar-refractivity contribution in [1.82, 2.24) is 9.97 Å². The number of hydrogen-bond donors (Lipinski definition) is 2. The lowest BCUT2D eigenvalue weighted by Gasteiger charge is -2.17. The van der Waals surface area contributed by atoms with Gasteiger partial charge in [-0.3, -0.25) is 4.79 Å². The Kier molecular flexibility index (Phi) is 7.03. The highest BCUT2D eigenvalue weighted by molar-refractivity contribution is 7.92. The number of methoxy groups -OCH3 is 1. The van der Waals surface area contributed by atoms with Crippen molar-refractivity contribution in [2.75, 3.05) is 17.1 Å². The molecule has 10 heteroatoms. The van der Waals surface area contributed by atoms with E-state index in [1.165, 1.54) is 36.7 Å².